The molecule has 1 amide bonds. The van der Waals surface area contributed by atoms with Crippen molar-refractivity contribution < 1.29 is 13.2 Å². The molecule has 0 spiro atoms. The first-order chi connectivity index (χ1) is 14.3. The number of rotatable bonds is 6. The van der Waals surface area contributed by atoms with Gasteiger partial charge in [0.25, 0.3) is 0 Å². The van der Waals surface area contributed by atoms with Crippen LogP contribution in [0.4, 0.5) is 5.13 Å². The number of aryl methyl sites for hydroxylation is 2. The number of benzene rings is 2. The summed E-state index contributed by atoms with van der Waals surface area (Å²) in [6.45, 7) is 3.70. The number of thiazole rings is 1. The quantitative estimate of drug-likeness (QED) is 0.469. The van der Waals surface area contributed by atoms with Gasteiger partial charge < -0.3 is 10.3 Å². The van der Waals surface area contributed by atoms with E-state index in [4.69, 9.17) is 0 Å². The normalized spacial score (nSPS) is 12.7. The lowest BCUT2D eigenvalue weighted by Crippen LogP contribution is -2.37. The molecule has 4 rings (SSSR count). The molecule has 0 saturated carbocycles. The van der Waals surface area contributed by atoms with E-state index in [1.54, 1.807) is 35.8 Å². The fraction of sp³-hybridized carbons (Fsp3) is 0.182. The van der Waals surface area contributed by atoms with Crippen LogP contribution in [-0.4, -0.2) is 29.5 Å². The number of para-hydroxylation sites is 1. The fourth-order valence-corrected chi connectivity index (χ4v) is 5.61. The average Bonchev–Trinajstić information content (AvgIpc) is 3.32. The van der Waals surface area contributed by atoms with Crippen LogP contribution in [0.1, 0.15) is 16.8 Å². The number of sulfone groups is 1. The van der Waals surface area contributed by atoms with Crippen LogP contribution in [-0.2, 0) is 21.1 Å². The van der Waals surface area contributed by atoms with Crippen LogP contribution >= 0.6 is 11.3 Å². The van der Waals surface area contributed by atoms with Gasteiger partial charge in [0, 0.05) is 28.9 Å². The van der Waals surface area contributed by atoms with Crippen molar-refractivity contribution in [2.75, 3.05) is 5.32 Å². The summed E-state index contributed by atoms with van der Waals surface area (Å²) in [4.78, 5) is 20.6. The van der Waals surface area contributed by atoms with E-state index in [0.717, 1.165) is 27.7 Å². The van der Waals surface area contributed by atoms with Crippen molar-refractivity contribution in [3.63, 3.8) is 0 Å². The lowest BCUT2D eigenvalue weighted by molar-refractivity contribution is -0.115. The van der Waals surface area contributed by atoms with Crippen LogP contribution in [0.3, 0.4) is 0 Å². The minimum atomic E-state index is -3.92. The van der Waals surface area contributed by atoms with Crippen LogP contribution in [0.15, 0.2) is 65.0 Å². The molecule has 0 fully saturated rings. The van der Waals surface area contributed by atoms with Gasteiger partial charge in [0.15, 0.2) is 15.0 Å². The zero-order chi connectivity index (χ0) is 21.3. The van der Waals surface area contributed by atoms with Crippen molar-refractivity contribution in [2.45, 2.75) is 30.4 Å². The number of aromatic amines is 1. The van der Waals surface area contributed by atoms with Crippen molar-refractivity contribution in [2.24, 2.45) is 0 Å². The summed E-state index contributed by atoms with van der Waals surface area (Å²) in [6.07, 6.45) is 1.82. The van der Waals surface area contributed by atoms with Crippen molar-refractivity contribution in [3.8, 4) is 0 Å². The third-order valence-corrected chi connectivity index (χ3v) is 7.88. The van der Waals surface area contributed by atoms with E-state index in [1.807, 2.05) is 38.1 Å². The van der Waals surface area contributed by atoms with E-state index in [9.17, 15) is 13.2 Å². The second-order valence-electron chi connectivity index (χ2n) is 7.19. The third-order valence-electron chi connectivity index (χ3n) is 4.95. The maximum atomic E-state index is 13.5. The molecule has 6 nitrogen and oxygen atoms in total. The van der Waals surface area contributed by atoms with Crippen molar-refractivity contribution >= 4 is 43.1 Å². The summed E-state index contributed by atoms with van der Waals surface area (Å²) in [7, 11) is -3.92. The number of hydrogen-bond donors (Lipinski definition) is 2. The number of amides is 1. The second kappa shape index (κ2) is 8.04. The van der Waals surface area contributed by atoms with Crippen LogP contribution in [0.2, 0.25) is 0 Å². The van der Waals surface area contributed by atoms with Gasteiger partial charge in [-0.25, -0.2) is 13.4 Å². The summed E-state index contributed by atoms with van der Waals surface area (Å²) >= 11 is 1.27. The molecule has 30 heavy (non-hydrogen) atoms. The van der Waals surface area contributed by atoms with Gasteiger partial charge in [-0.1, -0.05) is 35.9 Å². The van der Waals surface area contributed by atoms with Crippen LogP contribution in [0.5, 0.6) is 0 Å². The predicted molar refractivity (Wildman–Crippen MR) is 120 cm³/mol. The molecular weight excluding hydrogens is 418 g/mol. The number of carbonyl (C=O) groups is 1. The number of carbonyl (C=O) groups excluding carboxylic acids is 1. The number of nitrogens with zero attached hydrogens (tertiary/aromatic N) is 1. The Balaban J connectivity index is 1.73. The largest absolute Gasteiger partial charge is 0.361 e. The van der Waals surface area contributed by atoms with Crippen LogP contribution < -0.4 is 5.32 Å². The van der Waals surface area contributed by atoms with E-state index in [0.29, 0.717) is 5.13 Å². The Morgan fingerprint density at radius 1 is 1.13 bits per heavy atom. The van der Waals surface area contributed by atoms with Gasteiger partial charge in [-0.3, -0.25) is 4.79 Å². The highest BCUT2D eigenvalue weighted by atomic mass is 32.2. The zero-order valence-corrected chi connectivity index (χ0v) is 18.2. The Morgan fingerprint density at radius 3 is 2.57 bits per heavy atom. The van der Waals surface area contributed by atoms with Gasteiger partial charge in [0.1, 0.15) is 5.25 Å². The minimum Gasteiger partial charge on any atom is -0.361 e. The Bertz CT molecular complexity index is 1300. The van der Waals surface area contributed by atoms with Gasteiger partial charge in [-0.2, -0.15) is 0 Å². The van der Waals surface area contributed by atoms with E-state index in [1.165, 1.54) is 11.3 Å². The molecule has 0 radical (unpaired) electrons. The molecule has 1 atom stereocenters. The lowest BCUT2D eigenvalue weighted by atomic mass is 10.1. The predicted octanol–water partition coefficient (Wildman–Crippen LogP) is 4.26. The monoisotopic (exact) mass is 439 g/mol. The molecule has 2 aromatic carbocycles. The Morgan fingerprint density at radius 2 is 1.87 bits per heavy atom. The van der Waals surface area contributed by atoms with E-state index in [-0.39, 0.29) is 11.3 Å². The molecule has 2 aromatic heterocycles. The van der Waals surface area contributed by atoms with Crippen LogP contribution in [0, 0.1) is 13.8 Å². The number of aromatic nitrogens is 2. The second-order valence-corrected chi connectivity index (χ2v) is 10.2. The summed E-state index contributed by atoms with van der Waals surface area (Å²) in [5.74, 6) is -0.588. The number of anilines is 1. The molecule has 0 aliphatic heterocycles. The molecule has 8 heteroatoms. The summed E-state index contributed by atoms with van der Waals surface area (Å²) in [5, 5.41) is 4.50. The Hall–Kier alpha value is -2.97. The molecule has 0 unspecified atom stereocenters. The van der Waals surface area contributed by atoms with Gasteiger partial charge in [-0.05, 0) is 37.6 Å². The topological polar surface area (TPSA) is 91.9 Å². The first-order valence-corrected chi connectivity index (χ1v) is 11.9. The van der Waals surface area contributed by atoms with E-state index >= 15 is 0 Å². The number of hydrogen-bond acceptors (Lipinski definition) is 5. The van der Waals surface area contributed by atoms with Gasteiger partial charge in [-0.15, -0.1) is 11.3 Å². The van der Waals surface area contributed by atoms with E-state index in [2.05, 4.69) is 15.3 Å². The molecule has 0 bridgehead atoms. The molecular formula is C22H21N3O3S2. The van der Waals surface area contributed by atoms with E-state index < -0.39 is 21.0 Å². The van der Waals surface area contributed by atoms with Crippen LogP contribution in [0.25, 0.3) is 10.9 Å². The summed E-state index contributed by atoms with van der Waals surface area (Å²) < 4.78 is 26.9. The number of nitrogens with one attached hydrogen (secondary N) is 2. The van der Waals surface area contributed by atoms with Gasteiger partial charge >= 0.3 is 0 Å². The molecule has 2 heterocycles. The molecule has 0 aliphatic carbocycles. The third kappa shape index (κ3) is 4.01. The van der Waals surface area contributed by atoms with Crippen molar-refractivity contribution in [1.29, 1.82) is 0 Å². The standard InChI is InChI=1S/C22H21N3O3S2/c1-14-7-9-17(10-8-14)30(27,28)20(21(26)25-22-24-15(2)13-29-22)11-16-12-23-19-6-4-3-5-18(16)19/h3-10,12-13,20,23H,11H2,1-2H3,(H,24,25,26)/t20-/m0/s1. The van der Waals surface area contributed by atoms with Gasteiger partial charge in [0.05, 0.1) is 10.6 Å². The SMILES string of the molecule is Cc1ccc(S(=O)(=O)[C@@H](Cc2c[nH]c3ccccc23)C(=O)Nc2nc(C)cs2)cc1. The molecule has 0 saturated heterocycles. The highest BCUT2D eigenvalue weighted by Crippen LogP contribution is 2.26. The van der Waals surface area contributed by atoms with Crippen molar-refractivity contribution in [3.05, 3.63) is 76.9 Å². The molecule has 154 valence electrons. The first-order valence-electron chi connectivity index (χ1n) is 9.43. The Labute approximate surface area is 178 Å². The smallest absolute Gasteiger partial charge is 0.245 e. The minimum absolute atomic E-state index is 0.0520. The fourth-order valence-electron chi connectivity index (χ4n) is 3.33. The summed E-state index contributed by atoms with van der Waals surface area (Å²) in [5.41, 5.74) is 3.39. The molecule has 0 aliphatic rings. The van der Waals surface area contributed by atoms with Crippen molar-refractivity contribution in [1.82, 2.24) is 9.97 Å². The molecule has 2 N–H and O–H groups in total. The maximum absolute atomic E-state index is 13.5. The highest BCUT2D eigenvalue weighted by Gasteiger charge is 2.35. The molecule has 4 aromatic rings. The zero-order valence-electron chi connectivity index (χ0n) is 16.5. The van der Waals surface area contributed by atoms with Gasteiger partial charge in [0.2, 0.25) is 5.91 Å². The lowest BCUT2D eigenvalue weighted by Gasteiger charge is -2.17. The summed E-state index contributed by atoms with van der Waals surface area (Å²) in [6, 6.07) is 14.2. The average molecular weight is 440 g/mol. The number of H-pyrrole nitrogens is 1. The number of fused-ring (bicyclic) bond motifs is 1. The maximum Gasteiger partial charge on any atom is 0.245 e. The Kier molecular flexibility index (Phi) is 5.44. The first kappa shape index (κ1) is 20.3. The highest BCUT2D eigenvalue weighted by molar-refractivity contribution is 7.92.